The molecule has 138 valence electrons. The zero-order valence-electron chi connectivity index (χ0n) is 15.2. The first-order valence-corrected chi connectivity index (χ1v) is 9.73. The van der Waals surface area contributed by atoms with Gasteiger partial charge in [-0.1, -0.05) is 41.4 Å². The highest BCUT2D eigenvalue weighted by Gasteiger charge is 2.27. The third kappa shape index (κ3) is 4.59. The molecule has 1 amide bonds. The fraction of sp³-hybridized carbons (Fsp3) is 0.381. The zero-order valence-corrected chi connectivity index (χ0v) is 16.7. The summed E-state index contributed by atoms with van der Waals surface area (Å²) in [5.41, 5.74) is 4.07. The van der Waals surface area contributed by atoms with E-state index in [0.717, 1.165) is 48.3 Å². The second-order valence-electron chi connectivity index (χ2n) is 7.08. The summed E-state index contributed by atoms with van der Waals surface area (Å²) in [6.45, 7) is 6.39. The molecule has 1 saturated heterocycles. The Morgan fingerprint density at radius 3 is 2.65 bits per heavy atom. The molecular weight excluding hydrogens is 367 g/mol. The predicted molar refractivity (Wildman–Crippen MR) is 109 cm³/mol. The van der Waals surface area contributed by atoms with Crippen LogP contribution in [0.2, 0.25) is 10.0 Å². The van der Waals surface area contributed by atoms with E-state index in [1.165, 1.54) is 0 Å². The highest BCUT2D eigenvalue weighted by Crippen LogP contribution is 2.28. The number of aryl methyl sites for hydroxylation is 2. The van der Waals surface area contributed by atoms with E-state index in [-0.39, 0.29) is 11.8 Å². The lowest BCUT2D eigenvalue weighted by atomic mass is 9.96. The Bertz CT molecular complexity index is 786. The Morgan fingerprint density at radius 1 is 1.19 bits per heavy atom. The minimum Gasteiger partial charge on any atom is -0.326 e. The van der Waals surface area contributed by atoms with E-state index in [4.69, 9.17) is 23.2 Å². The summed E-state index contributed by atoms with van der Waals surface area (Å²) >= 11 is 12.6. The SMILES string of the molecule is Cc1ccc(C)c(NC(=O)[C@H]2CCCN(Cc3c(Cl)cccc3Cl)C2)c1. The number of amides is 1. The monoisotopic (exact) mass is 390 g/mol. The van der Waals surface area contributed by atoms with Gasteiger partial charge in [0.1, 0.15) is 0 Å². The lowest BCUT2D eigenvalue weighted by molar-refractivity contribution is -0.121. The van der Waals surface area contributed by atoms with Crippen molar-refractivity contribution in [3.63, 3.8) is 0 Å². The second kappa shape index (κ2) is 8.43. The van der Waals surface area contributed by atoms with Gasteiger partial charge >= 0.3 is 0 Å². The highest BCUT2D eigenvalue weighted by atomic mass is 35.5. The third-order valence-electron chi connectivity index (χ3n) is 4.97. The molecule has 0 saturated carbocycles. The average Bonchev–Trinajstić information content (AvgIpc) is 2.62. The Labute approximate surface area is 165 Å². The second-order valence-corrected chi connectivity index (χ2v) is 7.90. The number of halogens is 2. The van der Waals surface area contributed by atoms with Crippen molar-refractivity contribution in [2.24, 2.45) is 5.92 Å². The summed E-state index contributed by atoms with van der Waals surface area (Å²) in [5, 5.41) is 4.47. The number of rotatable bonds is 4. The van der Waals surface area contributed by atoms with E-state index in [0.29, 0.717) is 16.6 Å². The number of piperidine rings is 1. The molecule has 3 rings (SSSR count). The van der Waals surface area contributed by atoms with Crippen LogP contribution in [0.1, 0.15) is 29.5 Å². The lowest BCUT2D eigenvalue weighted by Crippen LogP contribution is -2.40. The maximum absolute atomic E-state index is 12.8. The number of benzene rings is 2. The normalized spacial score (nSPS) is 17.9. The molecule has 3 nitrogen and oxygen atoms in total. The van der Waals surface area contributed by atoms with Crippen LogP contribution in [0.15, 0.2) is 36.4 Å². The first kappa shape index (κ1) is 19.2. The predicted octanol–water partition coefficient (Wildman–Crippen LogP) is 5.46. The fourth-order valence-electron chi connectivity index (χ4n) is 3.43. The van der Waals surface area contributed by atoms with Crippen LogP contribution in [-0.4, -0.2) is 23.9 Å². The van der Waals surface area contributed by atoms with E-state index in [1.807, 2.05) is 44.2 Å². The molecule has 5 heteroatoms. The molecule has 0 aromatic heterocycles. The zero-order chi connectivity index (χ0) is 18.7. The van der Waals surface area contributed by atoms with Crippen LogP contribution < -0.4 is 5.32 Å². The van der Waals surface area contributed by atoms with Crippen molar-refractivity contribution in [2.45, 2.75) is 33.2 Å². The number of likely N-dealkylation sites (tertiary alicyclic amines) is 1. The molecule has 2 aromatic carbocycles. The Balaban J connectivity index is 1.66. The lowest BCUT2D eigenvalue weighted by Gasteiger charge is -2.32. The molecule has 1 heterocycles. The van der Waals surface area contributed by atoms with Crippen molar-refractivity contribution < 1.29 is 4.79 Å². The van der Waals surface area contributed by atoms with Crippen molar-refractivity contribution in [3.8, 4) is 0 Å². The first-order chi connectivity index (χ1) is 12.4. The number of carbonyl (C=O) groups excluding carboxylic acids is 1. The van der Waals surface area contributed by atoms with Crippen LogP contribution in [-0.2, 0) is 11.3 Å². The standard InChI is InChI=1S/C21H24Cl2N2O/c1-14-8-9-15(2)20(11-14)24-21(26)16-5-4-10-25(12-16)13-17-18(22)6-3-7-19(17)23/h3,6-9,11,16H,4-5,10,12-13H2,1-2H3,(H,24,26)/t16-/m0/s1. The molecule has 26 heavy (non-hydrogen) atoms. The number of nitrogens with zero attached hydrogens (tertiary/aromatic N) is 1. The molecule has 0 radical (unpaired) electrons. The van der Waals surface area contributed by atoms with Crippen LogP contribution in [0.4, 0.5) is 5.69 Å². The quantitative estimate of drug-likeness (QED) is 0.751. The number of nitrogens with one attached hydrogen (secondary N) is 1. The molecule has 0 bridgehead atoms. The minimum absolute atomic E-state index is 0.0232. The number of carbonyl (C=O) groups is 1. The summed E-state index contributed by atoms with van der Waals surface area (Å²) in [6.07, 6.45) is 1.90. The van der Waals surface area contributed by atoms with Gasteiger partial charge in [0, 0.05) is 34.4 Å². The van der Waals surface area contributed by atoms with Crippen molar-refractivity contribution in [3.05, 3.63) is 63.1 Å². The van der Waals surface area contributed by atoms with Gasteiger partial charge in [-0.05, 0) is 62.6 Å². The minimum atomic E-state index is -0.0232. The van der Waals surface area contributed by atoms with Crippen molar-refractivity contribution in [1.82, 2.24) is 4.90 Å². The summed E-state index contributed by atoms with van der Waals surface area (Å²) in [4.78, 5) is 15.0. The summed E-state index contributed by atoms with van der Waals surface area (Å²) in [5.74, 6) is 0.0681. The largest absolute Gasteiger partial charge is 0.326 e. The van der Waals surface area contributed by atoms with Crippen LogP contribution in [0.25, 0.3) is 0 Å². The third-order valence-corrected chi connectivity index (χ3v) is 5.68. The molecule has 1 aliphatic rings. The van der Waals surface area contributed by atoms with E-state index < -0.39 is 0 Å². The van der Waals surface area contributed by atoms with Crippen LogP contribution >= 0.6 is 23.2 Å². The maximum atomic E-state index is 12.8. The Morgan fingerprint density at radius 2 is 1.92 bits per heavy atom. The van der Waals surface area contributed by atoms with Gasteiger partial charge < -0.3 is 5.32 Å². The van der Waals surface area contributed by atoms with Crippen molar-refractivity contribution in [1.29, 1.82) is 0 Å². The van der Waals surface area contributed by atoms with E-state index in [2.05, 4.69) is 16.3 Å². The topological polar surface area (TPSA) is 32.3 Å². The molecule has 0 unspecified atom stereocenters. The van der Waals surface area contributed by atoms with Crippen LogP contribution in [0.3, 0.4) is 0 Å². The molecule has 1 aliphatic heterocycles. The Kier molecular flexibility index (Phi) is 6.23. The number of hydrogen-bond acceptors (Lipinski definition) is 2. The van der Waals surface area contributed by atoms with Gasteiger partial charge in [0.15, 0.2) is 0 Å². The summed E-state index contributed by atoms with van der Waals surface area (Å²) < 4.78 is 0. The van der Waals surface area contributed by atoms with Gasteiger partial charge in [0.05, 0.1) is 5.92 Å². The smallest absolute Gasteiger partial charge is 0.228 e. The Hall–Kier alpha value is -1.55. The van der Waals surface area contributed by atoms with Gasteiger partial charge in [-0.3, -0.25) is 9.69 Å². The molecular formula is C21H24Cl2N2O. The van der Waals surface area contributed by atoms with Crippen LogP contribution in [0, 0.1) is 19.8 Å². The van der Waals surface area contributed by atoms with Gasteiger partial charge in [0.25, 0.3) is 0 Å². The van der Waals surface area contributed by atoms with E-state index in [9.17, 15) is 4.79 Å². The van der Waals surface area contributed by atoms with Gasteiger partial charge in [-0.25, -0.2) is 0 Å². The van der Waals surface area contributed by atoms with Crippen molar-refractivity contribution >= 4 is 34.8 Å². The van der Waals surface area contributed by atoms with Crippen molar-refractivity contribution in [2.75, 3.05) is 18.4 Å². The van der Waals surface area contributed by atoms with Gasteiger partial charge in [-0.2, -0.15) is 0 Å². The number of hydrogen-bond donors (Lipinski definition) is 1. The molecule has 0 aliphatic carbocycles. The molecule has 1 N–H and O–H groups in total. The molecule has 0 spiro atoms. The molecule has 2 aromatic rings. The fourth-order valence-corrected chi connectivity index (χ4v) is 3.94. The highest BCUT2D eigenvalue weighted by molar-refractivity contribution is 6.35. The molecule has 1 atom stereocenters. The van der Waals surface area contributed by atoms with Gasteiger partial charge in [-0.15, -0.1) is 0 Å². The van der Waals surface area contributed by atoms with E-state index >= 15 is 0 Å². The van der Waals surface area contributed by atoms with Crippen LogP contribution in [0.5, 0.6) is 0 Å². The average molecular weight is 391 g/mol. The summed E-state index contributed by atoms with van der Waals surface area (Å²) in [7, 11) is 0. The summed E-state index contributed by atoms with van der Waals surface area (Å²) in [6, 6.07) is 11.7. The van der Waals surface area contributed by atoms with E-state index in [1.54, 1.807) is 0 Å². The van der Waals surface area contributed by atoms with Gasteiger partial charge in [0.2, 0.25) is 5.91 Å². The first-order valence-electron chi connectivity index (χ1n) is 8.97. The number of anilines is 1. The molecule has 1 fully saturated rings. The maximum Gasteiger partial charge on any atom is 0.228 e.